The molecule has 0 fully saturated rings. The number of fused-ring (bicyclic) bond motifs is 3. The zero-order chi connectivity index (χ0) is 17.6. The van der Waals surface area contributed by atoms with Gasteiger partial charge in [0.1, 0.15) is 9.71 Å². The molecule has 3 heterocycles. The second kappa shape index (κ2) is 6.38. The van der Waals surface area contributed by atoms with Gasteiger partial charge in [0.15, 0.2) is 11.9 Å². The maximum Gasteiger partial charge on any atom is 0.349 e. The van der Waals surface area contributed by atoms with Crippen molar-refractivity contribution in [3.8, 4) is 0 Å². The standard InChI is InChI=1S/C18H18N2O3S2/c1-9-5-6-11-13(8-9)25-17-14(11)16(21)19-15(20-17)10(2)23-18(22)12-4-3-7-24-12/h3-4,7,9-10H,5-6,8H2,1-2H3,(H,19,20,21)/t9-,10-/m1/s1. The van der Waals surface area contributed by atoms with Gasteiger partial charge in [-0.25, -0.2) is 9.78 Å². The van der Waals surface area contributed by atoms with E-state index >= 15 is 0 Å². The number of esters is 1. The fraction of sp³-hybridized carbons (Fsp3) is 0.389. The van der Waals surface area contributed by atoms with Crippen molar-refractivity contribution in [2.45, 2.75) is 39.2 Å². The van der Waals surface area contributed by atoms with Gasteiger partial charge in [-0.1, -0.05) is 13.0 Å². The van der Waals surface area contributed by atoms with Gasteiger partial charge in [0, 0.05) is 4.88 Å². The summed E-state index contributed by atoms with van der Waals surface area (Å²) in [6.45, 7) is 3.97. The second-order valence-corrected chi connectivity index (χ2v) is 8.54. The molecule has 0 aliphatic heterocycles. The number of aromatic amines is 1. The van der Waals surface area contributed by atoms with Crippen LogP contribution in [0.4, 0.5) is 0 Å². The monoisotopic (exact) mass is 374 g/mol. The topological polar surface area (TPSA) is 72.0 Å². The van der Waals surface area contributed by atoms with Crippen LogP contribution >= 0.6 is 22.7 Å². The van der Waals surface area contributed by atoms with Crippen molar-refractivity contribution < 1.29 is 9.53 Å². The lowest BCUT2D eigenvalue weighted by atomic mass is 9.89. The van der Waals surface area contributed by atoms with E-state index in [-0.39, 0.29) is 5.56 Å². The lowest BCUT2D eigenvalue weighted by molar-refractivity contribution is 0.0326. The van der Waals surface area contributed by atoms with E-state index in [4.69, 9.17) is 4.74 Å². The Morgan fingerprint density at radius 3 is 3.08 bits per heavy atom. The Labute approximate surface area is 152 Å². The summed E-state index contributed by atoms with van der Waals surface area (Å²) in [5, 5.41) is 2.54. The molecular formula is C18H18N2O3S2. The first kappa shape index (κ1) is 16.5. The van der Waals surface area contributed by atoms with Gasteiger partial charge in [0.2, 0.25) is 0 Å². The number of carbonyl (C=O) groups excluding carboxylic acids is 1. The van der Waals surface area contributed by atoms with Gasteiger partial charge in [0.05, 0.1) is 5.39 Å². The molecule has 0 radical (unpaired) electrons. The van der Waals surface area contributed by atoms with E-state index in [0.717, 1.165) is 29.7 Å². The zero-order valence-electron chi connectivity index (χ0n) is 14.0. The van der Waals surface area contributed by atoms with E-state index in [1.807, 2.05) is 5.38 Å². The van der Waals surface area contributed by atoms with Crippen LogP contribution < -0.4 is 5.56 Å². The van der Waals surface area contributed by atoms with Crippen LogP contribution in [0.15, 0.2) is 22.3 Å². The minimum Gasteiger partial charge on any atom is -0.450 e. The third-order valence-electron chi connectivity index (χ3n) is 4.58. The van der Waals surface area contributed by atoms with Crippen LogP contribution in [0.25, 0.3) is 10.2 Å². The van der Waals surface area contributed by atoms with Crippen LogP contribution in [0.3, 0.4) is 0 Å². The van der Waals surface area contributed by atoms with Crippen molar-refractivity contribution in [1.82, 2.24) is 9.97 Å². The second-order valence-electron chi connectivity index (χ2n) is 6.51. The van der Waals surface area contributed by atoms with Gasteiger partial charge < -0.3 is 9.72 Å². The summed E-state index contributed by atoms with van der Waals surface area (Å²) in [5.74, 6) is 0.642. The van der Waals surface area contributed by atoms with Crippen LogP contribution in [0, 0.1) is 5.92 Å². The number of carbonyl (C=O) groups is 1. The summed E-state index contributed by atoms with van der Waals surface area (Å²) in [4.78, 5) is 34.7. The summed E-state index contributed by atoms with van der Waals surface area (Å²) in [6.07, 6.45) is 2.44. The maximum absolute atomic E-state index is 12.6. The van der Waals surface area contributed by atoms with Crippen molar-refractivity contribution in [1.29, 1.82) is 0 Å². The molecule has 25 heavy (non-hydrogen) atoms. The quantitative estimate of drug-likeness (QED) is 0.701. The molecule has 5 nitrogen and oxygen atoms in total. The van der Waals surface area contributed by atoms with E-state index in [1.54, 1.807) is 30.4 Å². The largest absolute Gasteiger partial charge is 0.450 e. The lowest BCUT2D eigenvalue weighted by Gasteiger charge is -2.17. The molecule has 7 heteroatoms. The molecule has 0 spiro atoms. The predicted molar refractivity (Wildman–Crippen MR) is 99.6 cm³/mol. The maximum atomic E-state index is 12.6. The highest BCUT2D eigenvalue weighted by atomic mass is 32.1. The summed E-state index contributed by atoms with van der Waals surface area (Å²) in [6, 6.07) is 3.52. The molecule has 3 aromatic heterocycles. The first-order chi connectivity index (χ1) is 12.0. The molecular weight excluding hydrogens is 356 g/mol. The lowest BCUT2D eigenvalue weighted by Crippen LogP contribution is -2.18. The Kier molecular flexibility index (Phi) is 4.21. The highest BCUT2D eigenvalue weighted by Crippen LogP contribution is 2.36. The van der Waals surface area contributed by atoms with Gasteiger partial charge in [0.25, 0.3) is 5.56 Å². The van der Waals surface area contributed by atoms with Crippen LogP contribution in [-0.2, 0) is 17.6 Å². The molecule has 3 aromatic rings. The first-order valence-electron chi connectivity index (χ1n) is 8.32. The van der Waals surface area contributed by atoms with Crippen LogP contribution in [0.2, 0.25) is 0 Å². The Morgan fingerprint density at radius 2 is 2.32 bits per heavy atom. The zero-order valence-corrected chi connectivity index (χ0v) is 15.6. The minimum atomic E-state index is -0.607. The van der Waals surface area contributed by atoms with Gasteiger partial charge in [-0.2, -0.15) is 0 Å². The molecule has 0 aromatic carbocycles. The third-order valence-corrected chi connectivity index (χ3v) is 6.57. The molecule has 1 N–H and O–H groups in total. The third kappa shape index (κ3) is 3.02. The summed E-state index contributed by atoms with van der Waals surface area (Å²) in [7, 11) is 0. The number of nitrogens with one attached hydrogen (secondary N) is 1. The average molecular weight is 374 g/mol. The molecule has 4 rings (SSSR count). The van der Waals surface area contributed by atoms with Crippen molar-refractivity contribution in [3.63, 3.8) is 0 Å². The molecule has 0 bridgehead atoms. The number of ether oxygens (including phenoxy) is 1. The molecule has 0 amide bonds. The van der Waals surface area contributed by atoms with Gasteiger partial charge in [-0.05, 0) is 49.1 Å². The summed E-state index contributed by atoms with van der Waals surface area (Å²) >= 11 is 2.92. The molecule has 0 saturated heterocycles. The molecule has 130 valence electrons. The average Bonchev–Trinajstić information content (AvgIpc) is 3.21. The Balaban J connectivity index is 1.67. The number of rotatable bonds is 3. The van der Waals surface area contributed by atoms with E-state index in [9.17, 15) is 9.59 Å². The van der Waals surface area contributed by atoms with Crippen molar-refractivity contribution in [2.75, 3.05) is 0 Å². The van der Waals surface area contributed by atoms with Gasteiger partial charge >= 0.3 is 5.97 Å². The predicted octanol–water partition coefficient (Wildman–Crippen LogP) is 4.09. The molecule has 2 atom stereocenters. The fourth-order valence-electron chi connectivity index (χ4n) is 3.23. The number of aromatic nitrogens is 2. The normalized spacial score (nSPS) is 18.1. The number of hydrogen-bond acceptors (Lipinski definition) is 6. The van der Waals surface area contributed by atoms with Crippen LogP contribution in [0.5, 0.6) is 0 Å². The number of H-pyrrole nitrogens is 1. The number of hydrogen-bond donors (Lipinski definition) is 1. The van der Waals surface area contributed by atoms with Gasteiger partial charge in [-0.15, -0.1) is 22.7 Å². The molecule has 0 unspecified atom stereocenters. The number of nitrogens with zero attached hydrogens (tertiary/aromatic N) is 1. The number of thiophene rings is 2. The highest BCUT2D eigenvalue weighted by Gasteiger charge is 2.24. The number of aryl methyl sites for hydroxylation is 1. The molecule has 1 aliphatic carbocycles. The smallest absolute Gasteiger partial charge is 0.349 e. The molecule has 1 aliphatic rings. The Bertz CT molecular complexity index is 988. The summed E-state index contributed by atoms with van der Waals surface area (Å²) < 4.78 is 5.45. The van der Waals surface area contributed by atoms with E-state index < -0.39 is 12.1 Å². The van der Waals surface area contributed by atoms with Crippen molar-refractivity contribution in [3.05, 3.63) is 49.0 Å². The van der Waals surface area contributed by atoms with E-state index in [0.29, 0.717) is 22.0 Å². The highest BCUT2D eigenvalue weighted by molar-refractivity contribution is 7.18. The first-order valence-corrected chi connectivity index (χ1v) is 10.0. The fourth-order valence-corrected chi connectivity index (χ4v) is 5.22. The molecule has 0 saturated carbocycles. The van der Waals surface area contributed by atoms with Crippen molar-refractivity contribution in [2.24, 2.45) is 5.92 Å². The van der Waals surface area contributed by atoms with Gasteiger partial charge in [-0.3, -0.25) is 4.79 Å². The Morgan fingerprint density at radius 1 is 1.48 bits per heavy atom. The SMILES string of the molecule is C[C@@H]1CCc2c(sc3nc([C@@H](C)OC(=O)c4cccs4)[nH]c(=O)c23)C1. The Hall–Kier alpha value is -1.99. The minimum absolute atomic E-state index is 0.133. The van der Waals surface area contributed by atoms with Crippen LogP contribution in [0.1, 0.15) is 52.3 Å². The van der Waals surface area contributed by atoms with Crippen molar-refractivity contribution >= 4 is 38.9 Å². The summed E-state index contributed by atoms with van der Waals surface area (Å²) in [5.41, 5.74) is 1.02. The van der Waals surface area contributed by atoms with Crippen LogP contribution in [-0.4, -0.2) is 15.9 Å². The van der Waals surface area contributed by atoms with E-state index in [1.165, 1.54) is 16.2 Å². The van der Waals surface area contributed by atoms with E-state index in [2.05, 4.69) is 16.9 Å².